The summed E-state index contributed by atoms with van der Waals surface area (Å²) < 4.78 is 0. The lowest BCUT2D eigenvalue weighted by Crippen LogP contribution is -2.13. The van der Waals surface area contributed by atoms with Crippen LogP contribution in [0.15, 0.2) is 24.5 Å². The number of hydrogen-bond donors (Lipinski definition) is 1. The van der Waals surface area contributed by atoms with Gasteiger partial charge >= 0.3 is 0 Å². The molecule has 1 rings (SSSR count). The molecule has 0 saturated carbocycles. The first-order valence-electron chi connectivity index (χ1n) is 5.03. The van der Waals surface area contributed by atoms with Crippen molar-refractivity contribution in [2.24, 2.45) is 0 Å². The molecule has 1 aromatic rings. The van der Waals surface area contributed by atoms with Crippen LogP contribution in [0.4, 0.5) is 0 Å². The number of nitrogens with one attached hydrogen (secondary N) is 1. The van der Waals surface area contributed by atoms with E-state index in [1.807, 2.05) is 26.1 Å². The van der Waals surface area contributed by atoms with E-state index < -0.39 is 0 Å². The number of pyridine rings is 1. The SMILES string of the molecule is CC.CCCNCc1cccnc1. The highest BCUT2D eigenvalue weighted by Crippen LogP contribution is 1.93. The largest absolute Gasteiger partial charge is 0.313 e. The lowest BCUT2D eigenvalue weighted by Gasteiger charge is -2.00. The molecule has 0 unspecified atom stereocenters. The van der Waals surface area contributed by atoms with E-state index in [0.717, 1.165) is 13.1 Å². The van der Waals surface area contributed by atoms with E-state index in [1.54, 1.807) is 6.20 Å². The summed E-state index contributed by atoms with van der Waals surface area (Å²) in [5.41, 5.74) is 1.25. The minimum Gasteiger partial charge on any atom is -0.313 e. The normalized spacial score (nSPS) is 8.85. The van der Waals surface area contributed by atoms with Crippen LogP contribution in [0.5, 0.6) is 0 Å². The first kappa shape index (κ1) is 12.1. The van der Waals surface area contributed by atoms with Crippen LogP contribution in [0.2, 0.25) is 0 Å². The minimum atomic E-state index is 0.932. The van der Waals surface area contributed by atoms with E-state index >= 15 is 0 Å². The zero-order chi connectivity index (χ0) is 9.94. The molecule has 0 fully saturated rings. The van der Waals surface area contributed by atoms with Crippen LogP contribution in [0, 0.1) is 0 Å². The quantitative estimate of drug-likeness (QED) is 0.720. The van der Waals surface area contributed by atoms with Crippen molar-refractivity contribution in [3.05, 3.63) is 30.1 Å². The van der Waals surface area contributed by atoms with Crippen LogP contribution in [0.25, 0.3) is 0 Å². The van der Waals surface area contributed by atoms with E-state index in [4.69, 9.17) is 0 Å². The summed E-state index contributed by atoms with van der Waals surface area (Å²) in [5, 5.41) is 3.31. The van der Waals surface area contributed by atoms with Crippen molar-refractivity contribution in [2.75, 3.05) is 6.54 Å². The molecule has 13 heavy (non-hydrogen) atoms. The summed E-state index contributed by atoms with van der Waals surface area (Å²) in [6, 6.07) is 4.04. The van der Waals surface area contributed by atoms with Gasteiger partial charge in [-0.15, -0.1) is 0 Å². The highest BCUT2D eigenvalue weighted by Gasteiger charge is 1.88. The third-order valence-corrected chi connectivity index (χ3v) is 1.48. The van der Waals surface area contributed by atoms with Gasteiger partial charge in [-0.2, -0.15) is 0 Å². The molecule has 0 aliphatic rings. The molecule has 0 aromatic carbocycles. The van der Waals surface area contributed by atoms with Gasteiger partial charge < -0.3 is 5.32 Å². The van der Waals surface area contributed by atoms with Crippen LogP contribution in [0.3, 0.4) is 0 Å². The summed E-state index contributed by atoms with van der Waals surface area (Å²) >= 11 is 0. The van der Waals surface area contributed by atoms with Gasteiger partial charge in [0.05, 0.1) is 0 Å². The van der Waals surface area contributed by atoms with Gasteiger partial charge in [-0.25, -0.2) is 0 Å². The fourth-order valence-corrected chi connectivity index (χ4v) is 0.912. The maximum Gasteiger partial charge on any atom is 0.0312 e. The second kappa shape index (κ2) is 9.20. The second-order valence-electron chi connectivity index (χ2n) is 2.54. The van der Waals surface area contributed by atoms with Gasteiger partial charge in [0, 0.05) is 18.9 Å². The van der Waals surface area contributed by atoms with Crippen LogP contribution in [-0.4, -0.2) is 11.5 Å². The Balaban J connectivity index is 0.000000671. The van der Waals surface area contributed by atoms with Crippen LogP contribution in [0.1, 0.15) is 32.8 Å². The van der Waals surface area contributed by atoms with Gasteiger partial charge in [-0.1, -0.05) is 26.8 Å². The Morgan fingerprint density at radius 1 is 1.38 bits per heavy atom. The Labute approximate surface area is 81.4 Å². The molecule has 1 aromatic heterocycles. The van der Waals surface area contributed by atoms with Crippen molar-refractivity contribution in [1.82, 2.24) is 10.3 Å². The van der Waals surface area contributed by atoms with Crippen molar-refractivity contribution in [3.63, 3.8) is 0 Å². The van der Waals surface area contributed by atoms with Crippen molar-refractivity contribution in [3.8, 4) is 0 Å². The average molecular weight is 180 g/mol. The molecule has 0 aliphatic carbocycles. The van der Waals surface area contributed by atoms with E-state index in [1.165, 1.54) is 12.0 Å². The van der Waals surface area contributed by atoms with E-state index in [9.17, 15) is 0 Å². The topological polar surface area (TPSA) is 24.9 Å². The van der Waals surface area contributed by atoms with Gasteiger partial charge in [0.1, 0.15) is 0 Å². The van der Waals surface area contributed by atoms with Crippen LogP contribution in [-0.2, 0) is 6.54 Å². The molecular formula is C11H20N2. The fraction of sp³-hybridized carbons (Fsp3) is 0.545. The van der Waals surface area contributed by atoms with Gasteiger partial charge in [0.25, 0.3) is 0 Å². The fourth-order valence-electron chi connectivity index (χ4n) is 0.912. The molecule has 0 atom stereocenters. The van der Waals surface area contributed by atoms with Crippen LogP contribution >= 0.6 is 0 Å². The first-order valence-corrected chi connectivity index (χ1v) is 5.03. The van der Waals surface area contributed by atoms with E-state index in [0.29, 0.717) is 0 Å². The number of aromatic nitrogens is 1. The van der Waals surface area contributed by atoms with E-state index in [2.05, 4.69) is 23.3 Å². The Morgan fingerprint density at radius 2 is 2.15 bits per heavy atom. The lowest BCUT2D eigenvalue weighted by atomic mass is 10.3. The molecule has 0 radical (unpaired) electrons. The summed E-state index contributed by atoms with van der Waals surface area (Å²) in [6.07, 6.45) is 4.87. The molecular weight excluding hydrogens is 160 g/mol. The zero-order valence-electron chi connectivity index (χ0n) is 8.88. The molecule has 1 N–H and O–H groups in total. The van der Waals surface area contributed by atoms with Crippen molar-refractivity contribution >= 4 is 0 Å². The number of rotatable bonds is 4. The van der Waals surface area contributed by atoms with Crippen molar-refractivity contribution < 1.29 is 0 Å². The molecule has 74 valence electrons. The molecule has 1 heterocycles. The molecule has 0 bridgehead atoms. The highest BCUT2D eigenvalue weighted by atomic mass is 14.8. The zero-order valence-corrected chi connectivity index (χ0v) is 8.88. The molecule has 0 aliphatic heterocycles. The summed E-state index contributed by atoms with van der Waals surface area (Å²) in [7, 11) is 0. The smallest absolute Gasteiger partial charge is 0.0312 e. The average Bonchev–Trinajstić information content (AvgIpc) is 2.23. The predicted molar refractivity (Wildman–Crippen MR) is 57.6 cm³/mol. The van der Waals surface area contributed by atoms with Crippen molar-refractivity contribution in [2.45, 2.75) is 33.7 Å². The Kier molecular flexibility index (Phi) is 8.57. The van der Waals surface area contributed by atoms with Gasteiger partial charge in [0.15, 0.2) is 0 Å². The van der Waals surface area contributed by atoms with Gasteiger partial charge in [-0.05, 0) is 24.6 Å². The maximum absolute atomic E-state index is 4.02. The van der Waals surface area contributed by atoms with Crippen LogP contribution < -0.4 is 5.32 Å². The number of nitrogens with zero attached hydrogens (tertiary/aromatic N) is 1. The Hall–Kier alpha value is -0.890. The third-order valence-electron chi connectivity index (χ3n) is 1.48. The van der Waals surface area contributed by atoms with Gasteiger partial charge in [-0.3, -0.25) is 4.98 Å². The first-order chi connectivity index (χ1) is 6.43. The Morgan fingerprint density at radius 3 is 2.69 bits per heavy atom. The Bertz CT molecular complexity index is 185. The molecule has 0 saturated heterocycles. The van der Waals surface area contributed by atoms with E-state index in [-0.39, 0.29) is 0 Å². The molecule has 2 nitrogen and oxygen atoms in total. The second-order valence-corrected chi connectivity index (χ2v) is 2.54. The standard InChI is InChI=1S/C9H14N2.C2H6/c1-2-5-10-7-9-4-3-6-11-8-9;1-2/h3-4,6,8,10H,2,5,7H2,1H3;1-2H3. The lowest BCUT2D eigenvalue weighted by molar-refractivity contribution is 0.674. The highest BCUT2D eigenvalue weighted by molar-refractivity contribution is 5.07. The van der Waals surface area contributed by atoms with Crippen molar-refractivity contribution in [1.29, 1.82) is 0 Å². The minimum absolute atomic E-state index is 0.932. The summed E-state index contributed by atoms with van der Waals surface area (Å²) in [5.74, 6) is 0. The molecule has 2 heteroatoms. The van der Waals surface area contributed by atoms with Gasteiger partial charge in [0.2, 0.25) is 0 Å². The third kappa shape index (κ3) is 6.29. The monoisotopic (exact) mass is 180 g/mol. The molecule has 0 amide bonds. The molecule has 0 spiro atoms. The maximum atomic E-state index is 4.02. The summed E-state index contributed by atoms with van der Waals surface area (Å²) in [4.78, 5) is 4.02. The summed E-state index contributed by atoms with van der Waals surface area (Å²) in [6.45, 7) is 8.17. The number of hydrogen-bond acceptors (Lipinski definition) is 2. The predicted octanol–water partition coefficient (Wildman–Crippen LogP) is 2.61.